The molecule has 0 aliphatic heterocycles. The standard InChI is InChI=1S/C16H21N3O/c1-2-8-20-16-5-3-4-13(9-16)18-11-15-10-17-12-19(15)14-6-7-14/h3-5,9-10,12,14,18H,2,6-8,11H2,1H3. The van der Waals surface area contributed by atoms with Crippen LogP contribution in [0.4, 0.5) is 5.69 Å². The Balaban J connectivity index is 1.61. The van der Waals surface area contributed by atoms with Crippen LogP contribution in [0.5, 0.6) is 5.75 Å². The van der Waals surface area contributed by atoms with E-state index in [1.807, 2.05) is 30.7 Å². The van der Waals surface area contributed by atoms with Crippen LogP contribution in [0.1, 0.15) is 37.9 Å². The summed E-state index contributed by atoms with van der Waals surface area (Å²) in [6.07, 6.45) is 7.48. The normalized spacial score (nSPS) is 14.2. The van der Waals surface area contributed by atoms with E-state index in [1.165, 1.54) is 18.5 Å². The molecule has 1 aromatic carbocycles. The average molecular weight is 271 g/mol. The predicted octanol–water partition coefficient (Wildman–Crippen LogP) is 3.62. The molecular weight excluding hydrogens is 250 g/mol. The van der Waals surface area contributed by atoms with Crippen LogP contribution in [-0.4, -0.2) is 16.2 Å². The number of imidazole rings is 1. The Morgan fingerprint density at radius 3 is 3.10 bits per heavy atom. The predicted molar refractivity (Wildman–Crippen MR) is 80.1 cm³/mol. The second kappa shape index (κ2) is 5.99. The van der Waals surface area contributed by atoms with E-state index in [4.69, 9.17) is 4.74 Å². The number of ether oxygens (including phenoxy) is 1. The van der Waals surface area contributed by atoms with Gasteiger partial charge in [0.2, 0.25) is 0 Å². The van der Waals surface area contributed by atoms with Crippen LogP contribution < -0.4 is 10.1 Å². The molecule has 4 heteroatoms. The van der Waals surface area contributed by atoms with Crippen LogP contribution in [0, 0.1) is 0 Å². The van der Waals surface area contributed by atoms with Gasteiger partial charge in [-0.15, -0.1) is 0 Å². The lowest BCUT2D eigenvalue weighted by molar-refractivity contribution is 0.317. The number of hydrogen-bond donors (Lipinski definition) is 1. The van der Waals surface area contributed by atoms with Crippen molar-refractivity contribution in [1.29, 1.82) is 0 Å². The fourth-order valence-corrected chi connectivity index (χ4v) is 2.26. The third kappa shape index (κ3) is 3.13. The molecule has 1 aliphatic rings. The minimum absolute atomic E-state index is 0.675. The number of aromatic nitrogens is 2. The Bertz CT molecular complexity index is 560. The molecule has 0 saturated heterocycles. The zero-order valence-corrected chi connectivity index (χ0v) is 11.9. The van der Waals surface area contributed by atoms with Crippen LogP contribution >= 0.6 is 0 Å². The Kier molecular flexibility index (Phi) is 3.90. The highest BCUT2D eigenvalue weighted by molar-refractivity contribution is 5.48. The highest BCUT2D eigenvalue weighted by Gasteiger charge is 2.24. The SMILES string of the molecule is CCCOc1cccc(NCc2cncn2C2CC2)c1. The summed E-state index contributed by atoms with van der Waals surface area (Å²) in [4.78, 5) is 4.25. The average Bonchev–Trinajstić information content (AvgIpc) is 3.22. The van der Waals surface area contributed by atoms with Crippen LogP contribution in [0.2, 0.25) is 0 Å². The minimum atomic E-state index is 0.675. The molecule has 20 heavy (non-hydrogen) atoms. The van der Waals surface area contributed by atoms with Gasteiger partial charge < -0.3 is 14.6 Å². The molecule has 1 heterocycles. The third-order valence-corrected chi connectivity index (χ3v) is 3.47. The van der Waals surface area contributed by atoms with E-state index in [9.17, 15) is 0 Å². The van der Waals surface area contributed by atoms with E-state index in [0.29, 0.717) is 6.04 Å². The molecule has 1 fully saturated rings. The van der Waals surface area contributed by atoms with E-state index in [-0.39, 0.29) is 0 Å². The minimum Gasteiger partial charge on any atom is -0.494 e. The summed E-state index contributed by atoms with van der Waals surface area (Å²) in [6.45, 7) is 3.67. The number of nitrogens with one attached hydrogen (secondary N) is 1. The van der Waals surface area contributed by atoms with Gasteiger partial charge in [0.15, 0.2) is 0 Å². The van der Waals surface area contributed by atoms with Gasteiger partial charge in [0.1, 0.15) is 5.75 Å². The number of benzene rings is 1. The lowest BCUT2D eigenvalue weighted by Gasteiger charge is -2.11. The van der Waals surface area contributed by atoms with Crippen molar-refractivity contribution in [1.82, 2.24) is 9.55 Å². The zero-order chi connectivity index (χ0) is 13.8. The second-order valence-electron chi connectivity index (χ2n) is 5.25. The Morgan fingerprint density at radius 1 is 1.40 bits per heavy atom. The molecule has 0 radical (unpaired) electrons. The van der Waals surface area contributed by atoms with Crippen molar-refractivity contribution in [3.8, 4) is 5.75 Å². The van der Waals surface area contributed by atoms with Gasteiger partial charge in [-0.2, -0.15) is 0 Å². The van der Waals surface area contributed by atoms with E-state index >= 15 is 0 Å². The van der Waals surface area contributed by atoms with Crippen LogP contribution in [0.15, 0.2) is 36.8 Å². The maximum Gasteiger partial charge on any atom is 0.121 e. The largest absolute Gasteiger partial charge is 0.494 e. The topological polar surface area (TPSA) is 39.1 Å². The molecule has 0 spiro atoms. The van der Waals surface area contributed by atoms with Gasteiger partial charge in [0, 0.05) is 24.0 Å². The lowest BCUT2D eigenvalue weighted by Crippen LogP contribution is -2.06. The zero-order valence-electron chi connectivity index (χ0n) is 11.9. The molecule has 2 aromatic rings. The molecule has 1 aromatic heterocycles. The maximum absolute atomic E-state index is 5.65. The first kappa shape index (κ1) is 13.0. The van der Waals surface area contributed by atoms with Gasteiger partial charge in [-0.3, -0.25) is 0 Å². The van der Waals surface area contributed by atoms with E-state index in [2.05, 4.69) is 27.9 Å². The van der Waals surface area contributed by atoms with E-state index in [1.54, 1.807) is 0 Å². The van der Waals surface area contributed by atoms with Crippen LogP contribution in [0.3, 0.4) is 0 Å². The first-order valence-corrected chi connectivity index (χ1v) is 7.34. The van der Waals surface area contributed by atoms with Crippen molar-refractivity contribution in [2.75, 3.05) is 11.9 Å². The first-order chi connectivity index (χ1) is 9.86. The Labute approximate surface area is 119 Å². The van der Waals surface area contributed by atoms with Gasteiger partial charge in [-0.1, -0.05) is 13.0 Å². The summed E-state index contributed by atoms with van der Waals surface area (Å²) >= 11 is 0. The highest BCUT2D eigenvalue weighted by Crippen LogP contribution is 2.35. The van der Waals surface area contributed by atoms with Crippen molar-refractivity contribution in [2.45, 2.75) is 38.8 Å². The van der Waals surface area contributed by atoms with E-state index < -0.39 is 0 Å². The van der Waals surface area contributed by atoms with Crippen LogP contribution in [-0.2, 0) is 6.54 Å². The molecule has 0 unspecified atom stereocenters. The fourth-order valence-electron chi connectivity index (χ4n) is 2.26. The van der Waals surface area contributed by atoms with Crippen molar-refractivity contribution in [2.24, 2.45) is 0 Å². The molecule has 1 aliphatic carbocycles. The summed E-state index contributed by atoms with van der Waals surface area (Å²) in [5, 5.41) is 3.45. The smallest absolute Gasteiger partial charge is 0.121 e. The Morgan fingerprint density at radius 2 is 2.30 bits per heavy atom. The molecule has 0 amide bonds. The van der Waals surface area contributed by atoms with Crippen molar-refractivity contribution >= 4 is 5.69 Å². The monoisotopic (exact) mass is 271 g/mol. The van der Waals surface area contributed by atoms with Gasteiger partial charge in [-0.05, 0) is 31.4 Å². The second-order valence-corrected chi connectivity index (χ2v) is 5.25. The first-order valence-electron chi connectivity index (χ1n) is 7.34. The molecule has 1 saturated carbocycles. The van der Waals surface area contributed by atoms with E-state index in [0.717, 1.165) is 31.0 Å². The van der Waals surface area contributed by atoms with Gasteiger partial charge in [0.25, 0.3) is 0 Å². The molecule has 0 bridgehead atoms. The molecule has 1 N–H and O–H groups in total. The lowest BCUT2D eigenvalue weighted by atomic mass is 10.3. The number of hydrogen-bond acceptors (Lipinski definition) is 3. The molecule has 4 nitrogen and oxygen atoms in total. The molecule has 3 rings (SSSR count). The Hall–Kier alpha value is -1.97. The van der Waals surface area contributed by atoms with Gasteiger partial charge in [0.05, 0.1) is 25.2 Å². The molecule has 0 atom stereocenters. The van der Waals surface area contributed by atoms with Crippen molar-refractivity contribution < 1.29 is 4.74 Å². The summed E-state index contributed by atoms with van der Waals surface area (Å²) in [5.74, 6) is 0.924. The van der Waals surface area contributed by atoms with Crippen LogP contribution in [0.25, 0.3) is 0 Å². The van der Waals surface area contributed by atoms with Gasteiger partial charge in [-0.25, -0.2) is 4.98 Å². The maximum atomic E-state index is 5.65. The van der Waals surface area contributed by atoms with Crippen molar-refractivity contribution in [3.63, 3.8) is 0 Å². The molecular formula is C16H21N3O. The van der Waals surface area contributed by atoms with Gasteiger partial charge >= 0.3 is 0 Å². The summed E-state index contributed by atoms with van der Waals surface area (Å²) in [7, 11) is 0. The summed E-state index contributed by atoms with van der Waals surface area (Å²) < 4.78 is 7.93. The number of nitrogens with zero attached hydrogens (tertiary/aromatic N) is 2. The number of rotatable bonds is 7. The summed E-state index contributed by atoms with van der Waals surface area (Å²) in [5.41, 5.74) is 2.33. The summed E-state index contributed by atoms with van der Waals surface area (Å²) in [6, 6.07) is 8.80. The number of anilines is 1. The fraction of sp³-hybridized carbons (Fsp3) is 0.438. The highest BCUT2D eigenvalue weighted by atomic mass is 16.5. The quantitative estimate of drug-likeness (QED) is 0.836. The van der Waals surface area contributed by atoms with Crippen molar-refractivity contribution in [3.05, 3.63) is 42.5 Å². The molecule has 106 valence electrons. The third-order valence-electron chi connectivity index (χ3n) is 3.47.